The number of nitrogens with zero attached hydrogens (tertiary/aromatic N) is 2. The van der Waals surface area contributed by atoms with Gasteiger partial charge in [-0.3, -0.25) is 4.79 Å². The van der Waals surface area contributed by atoms with Crippen LogP contribution in [-0.2, 0) is 9.36 Å². The SMILES string of the molecule is CN1CCN(C(=O)CP(=O)(c2ccccc2)c2ccccc2)CC1. The average molecular weight is 342 g/mol. The van der Waals surface area contributed by atoms with Crippen molar-refractivity contribution < 1.29 is 9.36 Å². The van der Waals surface area contributed by atoms with Crippen LogP contribution in [0.5, 0.6) is 0 Å². The lowest BCUT2D eigenvalue weighted by Gasteiger charge is -2.33. The highest BCUT2D eigenvalue weighted by molar-refractivity contribution is 7.79. The quantitative estimate of drug-likeness (QED) is 0.795. The number of hydrogen-bond donors (Lipinski definition) is 0. The summed E-state index contributed by atoms with van der Waals surface area (Å²) in [6, 6.07) is 18.8. The van der Waals surface area contributed by atoms with Crippen molar-refractivity contribution in [3.63, 3.8) is 0 Å². The Labute approximate surface area is 143 Å². The highest BCUT2D eigenvalue weighted by atomic mass is 31.2. The molecule has 0 bridgehead atoms. The normalized spacial score (nSPS) is 16.1. The lowest BCUT2D eigenvalue weighted by Crippen LogP contribution is -2.48. The van der Waals surface area contributed by atoms with Gasteiger partial charge in [-0.05, 0) is 7.05 Å². The Morgan fingerprint density at radius 2 is 1.33 bits per heavy atom. The first-order valence-electron chi connectivity index (χ1n) is 8.26. The molecule has 0 saturated carbocycles. The van der Waals surface area contributed by atoms with Crippen molar-refractivity contribution in [3.8, 4) is 0 Å². The molecule has 1 fully saturated rings. The van der Waals surface area contributed by atoms with Crippen LogP contribution in [-0.4, -0.2) is 55.1 Å². The van der Waals surface area contributed by atoms with Crippen LogP contribution < -0.4 is 10.6 Å². The molecule has 0 N–H and O–H groups in total. The van der Waals surface area contributed by atoms with Crippen LogP contribution >= 0.6 is 7.14 Å². The van der Waals surface area contributed by atoms with Gasteiger partial charge in [0, 0.05) is 36.8 Å². The van der Waals surface area contributed by atoms with Crippen molar-refractivity contribution in [1.82, 2.24) is 9.80 Å². The summed E-state index contributed by atoms with van der Waals surface area (Å²) in [5, 5.41) is 1.50. The van der Waals surface area contributed by atoms with Gasteiger partial charge in [0.25, 0.3) is 0 Å². The Kier molecular flexibility index (Phi) is 5.17. The van der Waals surface area contributed by atoms with Gasteiger partial charge in [-0.15, -0.1) is 0 Å². The van der Waals surface area contributed by atoms with Crippen molar-refractivity contribution in [2.45, 2.75) is 0 Å². The van der Waals surface area contributed by atoms with Gasteiger partial charge < -0.3 is 14.4 Å². The van der Waals surface area contributed by atoms with Crippen LogP contribution in [0.1, 0.15) is 0 Å². The number of benzene rings is 2. The van der Waals surface area contributed by atoms with E-state index in [0.29, 0.717) is 13.1 Å². The largest absolute Gasteiger partial charge is 0.340 e. The Hall–Kier alpha value is -1.90. The molecule has 0 aliphatic carbocycles. The van der Waals surface area contributed by atoms with Crippen molar-refractivity contribution >= 4 is 23.7 Å². The zero-order valence-electron chi connectivity index (χ0n) is 14.0. The molecule has 5 heteroatoms. The maximum absolute atomic E-state index is 13.9. The minimum Gasteiger partial charge on any atom is -0.340 e. The summed E-state index contributed by atoms with van der Waals surface area (Å²) in [7, 11) is -0.911. The molecule has 2 aromatic rings. The van der Waals surface area contributed by atoms with Crippen molar-refractivity contribution in [2.24, 2.45) is 0 Å². The average Bonchev–Trinajstić information content (AvgIpc) is 2.63. The van der Waals surface area contributed by atoms with E-state index in [-0.39, 0.29) is 12.1 Å². The highest BCUT2D eigenvalue weighted by Crippen LogP contribution is 2.43. The Bertz CT molecular complexity index is 682. The molecule has 2 aromatic carbocycles. The fourth-order valence-corrected chi connectivity index (χ4v) is 5.57. The molecule has 126 valence electrons. The van der Waals surface area contributed by atoms with Gasteiger partial charge in [0.2, 0.25) is 5.91 Å². The summed E-state index contributed by atoms with van der Waals surface area (Å²) in [4.78, 5) is 16.9. The van der Waals surface area contributed by atoms with E-state index in [1.165, 1.54) is 0 Å². The fourth-order valence-electron chi connectivity index (χ4n) is 3.02. The minimum absolute atomic E-state index is 0.0147. The van der Waals surface area contributed by atoms with Gasteiger partial charge in [-0.1, -0.05) is 60.7 Å². The van der Waals surface area contributed by atoms with Gasteiger partial charge in [0.15, 0.2) is 7.14 Å². The maximum atomic E-state index is 13.9. The van der Waals surface area contributed by atoms with Crippen LogP contribution in [0.3, 0.4) is 0 Å². The summed E-state index contributed by atoms with van der Waals surface area (Å²) in [5.74, 6) is -0.0147. The van der Waals surface area contributed by atoms with Crippen molar-refractivity contribution in [2.75, 3.05) is 39.4 Å². The van der Waals surface area contributed by atoms with E-state index in [0.717, 1.165) is 23.7 Å². The molecule has 0 spiro atoms. The molecule has 3 rings (SSSR count). The highest BCUT2D eigenvalue weighted by Gasteiger charge is 2.32. The number of rotatable bonds is 4. The van der Waals surface area contributed by atoms with Crippen LogP contribution in [0.15, 0.2) is 60.7 Å². The number of carbonyl (C=O) groups excluding carboxylic acids is 1. The number of carbonyl (C=O) groups is 1. The monoisotopic (exact) mass is 342 g/mol. The fraction of sp³-hybridized carbons (Fsp3) is 0.316. The Morgan fingerprint density at radius 1 is 0.875 bits per heavy atom. The van der Waals surface area contributed by atoms with Gasteiger partial charge in [0.05, 0.1) is 6.16 Å². The predicted molar refractivity (Wildman–Crippen MR) is 98.7 cm³/mol. The zero-order chi connectivity index (χ0) is 17.0. The summed E-state index contributed by atoms with van der Waals surface area (Å²) >= 11 is 0. The summed E-state index contributed by atoms with van der Waals surface area (Å²) in [6.07, 6.45) is 0.0603. The third-order valence-corrected chi connectivity index (χ3v) is 7.54. The third-order valence-electron chi connectivity index (χ3n) is 4.56. The number of likely N-dealkylation sites (N-methyl/N-ethyl adjacent to an activating group) is 1. The summed E-state index contributed by atoms with van der Waals surface area (Å²) in [6.45, 7) is 3.15. The molecule has 0 radical (unpaired) electrons. The molecule has 1 aliphatic rings. The lowest BCUT2D eigenvalue weighted by molar-refractivity contribution is -0.129. The molecule has 0 aromatic heterocycles. The molecule has 0 unspecified atom stereocenters. The van der Waals surface area contributed by atoms with Crippen LogP contribution in [0.25, 0.3) is 0 Å². The van der Waals surface area contributed by atoms with Crippen LogP contribution in [0.2, 0.25) is 0 Å². The van der Waals surface area contributed by atoms with E-state index in [1.54, 1.807) is 0 Å². The van der Waals surface area contributed by atoms with E-state index >= 15 is 0 Å². The predicted octanol–water partition coefficient (Wildman–Crippen LogP) is 1.77. The standard InChI is InChI=1S/C19H23N2O2P/c1-20-12-14-21(15-13-20)19(22)16-24(23,17-8-4-2-5-9-17)18-10-6-3-7-11-18/h2-11H,12-16H2,1H3. The topological polar surface area (TPSA) is 40.6 Å². The van der Waals surface area contributed by atoms with Crippen LogP contribution in [0, 0.1) is 0 Å². The van der Waals surface area contributed by atoms with Crippen molar-refractivity contribution in [3.05, 3.63) is 60.7 Å². The number of amides is 1. The van der Waals surface area contributed by atoms with Gasteiger partial charge in [0.1, 0.15) is 0 Å². The molecular formula is C19H23N2O2P. The first-order chi connectivity index (χ1) is 11.6. The van der Waals surface area contributed by atoms with Gasteiger partial charge in [-0.25, -0.2) is 0 Å². The second-order valence-electron chi connectivity index (χ2n) is 6.25. The van der Waals surface area contributed by atoms with Gasteiger partial charge in [-0.2, -0.15) is 0 Å². The molecule has 0 atom stereocenters. The molecule has 1 saturated heterocycles. The summed E-state index contributed by atoms with van der Waals surface area (Å²) in [5.41, 5.74) is 0. The van der Waals surface area contributed by atoms with Crippen LogP contribution in [0.4, 0.5) is 0 Å². The Morgan fingerprint density at radius 3 is 1.79 bits per heavy atom. The second kappa shape index (κ2) is 7.33. The molecule has 1 amide bonds. The number of piperazine rings is 1. The Balaban J connectivity index is 1.89. The van der Waals surface area contributed by atoms with E-state index in [9.17, 15) is 9.36 Å². The van der Waals surface area contributed by atoms with Gasteiger partial charge >= 0.3 is 0 Å². The molecule has 4 nitrogen and oxygen atoms in total. The van der Waals surface area contributed by atoms with E-state index in [1.807, 2.05) is 65.6 Å². The lowest BCUT2D eigenvalue weighted by atomic mass is 10.3. The molecule has 1 heterocycles. The number of hydrogen-bond acceptors (Lipinski definition) is 3. The first-order valence-corrected chi connectivity index (χ1v) is 10.2. The second-order valence-corrected chi connectivity index (χ2v) is 9.08. The van der Waals surface area contributed by atoms with Crippen molar-refractivity contribution in [1.29, 1.82) is 0 Å². The van der Waals surface area contributed by atoms with E-state index in [4.69, 9.17) is 0 Å². The third kappa shape index (κ3) is 3.61. The summed E-state index contributed by atoms with van der Waals surface area (Å²) < 4.78 is 13.9. The van der Waals surface area contributed by atoms with E-state index < -0.39 is 7.14 Å². The smallest absolute Gasteiger partial charge is 0.230 e. The zero-order valence-corrected chi connectivity index (χ0v) is 14.9. The minimum atomic E-state index is -2.97. The molecular weight excluding hydrogens is 319 g/mol. The maximum Gasteiger partial charge on any atom is 0.230 e. The first kappa shape index (κ1) is 16.9. The van der Waals surface area contributed by atoms with E-state index in [2.05, 4.69) is 11.9 Å². The molecule has 1 aliphatic heterocycles. The molecule has 24 heavy (non-hydrogen) atoms.